The lowest BCUT2D eigenvalue weighted by Gasteiger charge is -2.35. The SMILES string of the molecule is O=C1[C@@H](N2CCCc3cc(F)ccc32)CCN1c1ccc(S(=O)O)cc1. The van der Waals surface area contributed by atoms with Crippen molar-refractivity contribution in [2.45, 2.75) is 30.2 Å². The highest BCUT2D eigenvalue weighted by Crippen LogP contribution is 2.33. The first-order valence-electron chi connectivity index (χ1n) is 8.62. The Bertz CT molecular complexity index is 872. The molecule has 2 aliphatic rings. The second kappa shape index (κ2) is 6.81. The summed E-state index contributed by atoms with van der Waals surface area (Å²) in [5, 5.41) is 0. The molecule has 2 aromatic carbocycles. The number of amides is 1. The average Bonchev–Trinajstić information content (AvgIpc) is 3.02. The molecule has 1 N–H and O–H groups in total. The van der Waals surface area contributed by atoms with Crippen molar-refractivity contribution in [3.63, 3.8) is 0 Å². The van der Waals surface area contributed by atoms with Crippen molar-refractivity contribution in [1.29, 1.82) is 0 Å². The topological polar surface area (TPSA) is 60.9 Å². The van der Waals surface area contributed by atoms with Crippen molar-refractivity contribution in [3.05, 3.63) is 53.8 Å². The molecule has 2 heterocycles. The third-order valence-electron chi connectivity index (χ3n) is 5.10. The number of carbonyl (C=O) groups is 1. The lowest BCUT2D eigenvalue weighted by atomic mass is 9.99. The fourth-order valence-electron chi connectivity index (χ4n) is 3.87. The second-order valence-electron chi connectivity index (χ2n) is 6.61. The zero-order valence-electron chi connectivity index (χ0n) is 14.1. The van der Waals surface area contributed by atoms with Crippen LogP contribution in [0.5, 0.6) is 0 Å². The van der Waals surface area contributed by atoms with E-state index >= 15 is 0 Å². The van der Waals surface area contributed by atoms with Gasteiger partial charge in [0.2, 0.25) is 5.91 Å². The highest BCUT2D eigenvalue weighted by molar-refractivity contribution is 7.79. The summed E-state index contributed by atoms with van der Waals surface area (Å²) in [7, 11) is 0. The van der Waals surface area contributed by atoms with Crippen LogP contribution < -0.4 is 9.80 Å². The van der Waals surface area contributed by atoms with Crippen LogP contribution in [0.15, 0.2) is 47.4 Å². The van der Waals surface area contributed by atoms with Gasteiger partial charge in [0.15, 0.2) is 11.1 Å². The molecule has 1 saturated heterocycles. The number of fused-ring (bicyclic) bond motifs is 1. The third kappa shape index (κ3) is 3.01. The Hall–Kier alpha value is -2.25. The van der Waals surface area contributed by atoms with Crippen molar-refractivity contribution in [3.8, 4) is 0 Å². The van der Waals surface area contributed by atoms with E-state index < -0.39 is 11.1 Å². The molecular weight excluding hydrogens is 355 g/mol. The molecule has 136 valence electrons. The van der Waals surface area contributed by atoms with Gasteiger partial charge < -0.3 is 14.4 Å². The zero-order valence-corrected chi connectivity index (χ0v) is 14.9. The van der Waals surface area contributed by atoms with Gasteiger partial charge in [-0.25, -0.2) is 8.60 Å². The van der Waals surface area contributed by atoms with Crippen LogP contribution in [0, 0.1) is 5.82 Å². The van der Waals surface area contributed by atoms with Crippen LogP contribution in [-0.2, 0) is 22.3 Å². The molecule has 2 aromatic rings. The second-order valence-corrected chi connectivity index (χ2v) is 7.58. The largest absolute Gasteiger partial charge is 0.359 e. The number of anilines is 2. The molecule has 2 aliphatic heterocycles. The highest BCUT2D eigenvalue weighted by Gasteiger charge is 2.38. The highest BCUT2D eigenvalue weighted by atomic mass is 32.2. The van der Waals surface area contributed by atoms with E-state index in [1.54, 1.807) is 41.3 Å². The predicted octanol–water partition coefficient (Wildman–Crippen LogP) is 2.96. The first-order valence-corrected chi connectivity index (χ1v) is 9.72. The van der Waals surface area contributed by atoms with E-state index in [2.05, 4.69) is 4.90 Å². The van der Waals surface area contributed by atoms with Gasteiger partial charge in [-0.15, -0.1) is 0 Å². The van der Waals surface area contributed by atoms with Crippen LogP contribution >= 0.6 is 0 Å². The minimum Gasteiger partial charge on any atom is -0.359 e. The first-order chi connectivity index (χ1) is 12.5. The maximum atomic E-state index is 13.5. The quantitative estimate of drug-likeness (QED) is 0.839. The fraction of sp³-hybridized carbons (Fsp3) is 0.316. The van der Waals surface area contributed by atoms with Crippen LogP contribution in [0.1, 0.15) is 18.4 Å². The van der Waals surface area contributed by atoms with Crippen LogP contribution in [-0.4, -0.2) is 33.8 Å². The van der Waals surface area contributed by atoms with Gasteiger partial charge in [-0.05, 0) is 67.3 Å². The molecule has 7 heteroatoms. The van der Waals surface area contributed by atoms with Gasteiger partial charge in [0.05, 0.1) is 4.90 Å². The van der Waals surface area contributed by atoms with E-state index in [-0.39, 0.29) is 17.8 Å². The van der Waals surface area contributed by atoms with Crippen molar-refractivity contribution in [2.24, 2.45) is 0 Å². The molecule has 0 spiro atoms. The van der Waals surface area contributed by atoms with E-state index in [1.165, 1.54) is 6.07 Å². The summed E-state index contributed by atoms with van der Waals surface area (Å²) in [6, 6.07) is 11.0. The molecule has 0 bridgehead atoms. The first kappa shape index (κ1) is 17.2. The standard InChI is InChI=1S/C19H19FN2O3S/c20-14-3-8-17-13(12-14)2-1-10-22(17)18-9-11-21(19(18)23)15-4-6-16(7-5-15)26(24)25/h3-8,12,18H,1-2,9-11H2,(H,24,25)/t18-/m0/s1. The monoisotopic (exact) mass is 374 g/mol. The molecule has 1 amide bonds. The van der Waals surface area contributed by atoms with Crippen molar-refractivity contribution in [1.82, 2.24) is 0 Å². The van der Waals surface area contributed by atoms with E-state index in [0.717, 1.165) is 36.3 Å². The number of hydrogen-bond acceptors (Lipinski definition) is 3. The van der Waals surface area contributed by atoms with Crippen LogP contribution in [0.3, 0.4) is 0 Å². The Morgan fingerprint density at radius 3 is 2.62 bits per heavy atom. The molecule has 5 nitrogen and oxygen atoms in total. The predicted molar refractivity (Wildman–Crippen MR) is 98.3 cm³/mol. The Kier molecular flexibility index (Phi) is 4.50. The number of halogens is 1. The van der Waals surface area contributed by atoms with Crippen molar-refractivity contribution < 1.29 is 17.9 Å². The molecule has 1 unspecified atom stereocenters. The number of carbonyl (C=O) groups excluding carboxylic acids is 1. The lowest BCUT2D eigenvalue weighted by molar-refractivity contribution is -0.118. The summed E-state index contributed by atoms with van der Waals surface area (Å²) in [5.74, 6) is -0.230. The van der Waals surface area contributed by atoms with E-state index in [9.17, 15) is 13.4 Å². The van der Waals surface area contributed by atoms with Gasteiger partial charge in [0.25, 0.3) is 0 Å². The van der Waals surface area contributed by atoms with Gasteiger partial charge in [0, 0.05) is 24.5 Å². The summed E-state index contributed by atoms with van der Waals surface area (Å²) in [6.07, 6.45) is 2.43. The maximum absolute atomic E-state index is 13.5. The number of hydrogen-bond donors (Lipinski definition) is 1. The van der Waals surface area contributed by atoms with E-state index in [1.807, 2.05) is 0 Å². The minimum atomic E-state index is -2.03. The lowest BCUT2D eigenvalue weighted by Crippen LogP contribution is -2.44. The zero-order chi connectivity index (χ0) is 18.3. The smallest absolute Gasteiger partial charge is 0.249 e. The Labute approximate surface area is 153 Å². The summed E-state index contributed by atoms with van der Waals surface area (Å²) in [4.78, 5) is 17.1. The Balaban J connectivity index is 1.58. The van der Waals surface area contributed by atoms with Gasteiger partial charge in [-0.2, -0.15) is 0 Å². The fourth-order valence-corrected chi connectivity index (χ4v) is 4.24. The molecule has 0 radical (unpaired) electrons. The van der Waals surface area contributed by atoms with Crippen LogP contribution in [0.25, 0.3) is 0 Å². The normalized spacial score (nSPS) is 21.0. The summed E-state index contributed by atoms with van der Waals surface area (Å²) < 4.78 is 33.7. The summed E-state index contributed by atoms with van der Waals surface area (Å²) in [6.45, 7) is 1.38. The van der Waals surface area contributed by atoms with Crippen LogP contribution in [0.4, 0.5) is 15.8 Å². The molecule has 0 aliphatic carbocycles. The van der Waals surface area contributed by atoms with Crippen molar-refractivity contribution in [2.75, 3.05) is 22.9 Å². The number of aryl methyl sites for hydroxylation is 1. The van der Waals surface area contributed by atoms with Crippen LogP contribution in [0.2, 0.25) is 0 Å². The third-order valence-corrected chi connectivity index (χ3v) is 5.78. The van der Waals surface area contributed by atoms with E-state index in [4.69, 9.17) is 4.55 Å². The summed E-state index contributed by atoms with van der Waals surface area (Å²) >= 11 is -2.03. The average molecular weight is 374 g/mol. The molecule has 1 fully saturated rings. The molecule has 26 heavy (non-hydrogen) atoms. The molecular formula is C19H19FN2O3S. The molecule has 4 rings (SSSR count). The number of rotatable bonds is 3. The number of nitrogens with zero attached hydrogens (tertiary/aromatic N) is 2. The number of benzene rings is 2. The minimum absolute atomic E-state index is 0.0139. The van der Waals surface area contributed by atoms with Gasteiger partial charge in [0.1, 0.15) is 11.9 Å². The molecule has 0 saturated carbocycles. The Morgan fingerprint density at radius 2 is 1.88 bits per heavy atom. The molecule has 2 atom stereocenters. The van der Waals surface area contributed by atoms with Gasteiger partial charge in [-0.3, -0.25) is 4.79 Å². The van der Waals surface area contributed by atoms with E-state index in [0.29, 0.717) is 17.9 Å². The van der Waals surface area contributed by atoms with Gasteiger partial charge in [-0.1, -0.05) is 0 Å². The van der Waals surface area contributed by atoms with Crippen molar-refractivity contribution >= 4 is 28.4 Å². The Morgan fingerprint density at radius 1 is 1.12 bits per heavy atom. The maximum Gasteiger partial charge on any atom is 0.249 e. The van der Waals surface area contributed by atoms with Gasteiger partial charge >= 0.3 is 0 Å². The molecule has 0 aromatic heterocycles. The summed E-state index contributed by atoms with van der Waals surface area (Å²) in [5.41, 5.74) is 2.63.